The van der Waals surface area contributed by atoms with Crippen LogP contribution in [0, 0.1) is 5.92 Å². The van der Waals surface area contributed by atoms with Gasteiger partial charge in [0.1, 0.15) is 6.10 Å². The van der Waals surface area contributed by atoms with Gasteiger partial charge in [-0.25, -0.2) is 4.79 Å². The Morgan fingerprint density at radius 2 is 1.81 bits per heavy atom. The van der Waals surface area contributed by atoms with Crippen molar-refractivity contribution in [2.45, 2.75) is 18.9 Å². The van der Waals surface area contributed by atoms with Crippen LogP contribution in [0.5, 0.6) is 0 Å². The first-order valence-corrected chi connectivity index (χ1v) is 7.72. The maximum absolute atomic E-state index is 12.6. The van der Waals surface area contributed by atoms with E-state index in [9.17, 15) is 4.79 Å². The fourth-order valence-electron chi connectivity index (χ4n) is 3.65. The molecule has 0 amide bonds. The Balaban J connectivity index is 1.59. The van der Waals surface area contributed by atoms with Crippen LogP contribution < -0.4 is 0 Å². The summed E-state index contributed by atoms with van der Waals surface area (Å²) in [6.45, 7) is 3.22. The molecule has 3 heterocycles. The van der Waals surface area contributed by atoms with Gasteiger partial charge >= 0.3 is 5.97 Å². The SMILES string of the molecule is O=C(O[C@H]1CN2CCC1CC2)c1cccc2ccccc12. The largest absolute Gasteiger partial charge is 0.457 e. The van der Waals surface area contributed by atoms with E-state index in [4.69, 9.17) is 4.74 Å². The van der Waals surface area contributed by atoms with Crippen LogP contribution in [0.2, 0.25) is 0 Å². The minimum atomic E-state index is -0.175. The first-order valence-electron chi connectivity index (χ1n) is 7.72. The molecule has 0 saturated carbocycles. The lowest BCUT2D eigenvalue weighted by molar-refractivity contribution is -0.0454. The average molecular weight is 281 g/mol. The van der Waals surface area contributed by atoms with E-state index in [0.717, 1.165) is 43.2 Å². The molecule has 0 aromatic heterocycles. The van der Waals surface area contributed by atoms with Crippen LogP contribution in [0.25, 0.3) is 10.8 Å². The topological polar surface area (TPSA) is 29.5 Å². The average Bonchev–Trinajstić information content (AvgIpc) is 2.55. The lowest BCUT2D eigenvalue weighted by atomic mass is 9.86. The molecule has 5 rings (SSSR count). The Morgan fingerprint density at radius 1 is 1.05 bits per heavy atom. The van der Waals surface area contributed by atoms with E-state index >= 15 is 0 Å². The Hall–Kier alpha value is -1.87. The number of rotatable bonds is 2. The van der Waals surface area contributed by atoms with E-state index in [0.29, 0.717) is 11.5 Å². The van der Waals surface area contributed by atoms with Crippen molar-refractivity contribution >= 4 is 16.7 Å². The normalized spacial score (nSPS) is 27.7. The van der Waals surface area contributed by atoms with E-state index in [2.05, 4.69) is 4.90 Å². The van der Waals surface area contributed by atoms with Crippen molar-refractivity contribution in [2.24, 2.45) is 5.92 Å². The molecule has 3 nitrogen and oxygen atoms in total. The van der Waals surface area contributed by atoms with E-state index in [1.165, 1.54) is 0 Å². The molecule has 2 aromatic rings. The lowest BCUT2D eigenvalue weighted by Gasteiger charge is -2.43. The highest BCUT2D eigenvalue weighted by Gasteiger charge is 2.36. The number of esters is 1. The summed E-state index contributed by atoms with van der Waals surface area (Å²) < 4.78 is 5.84. The molecule has 0 radical (unpaired) electrons. The van der Waals surface area contributed by atoms with Gasteiger partial charge in [0.2, 0.25) is 0 Å². The highest BCUT2D eigenvalue weighted by molar-refractivity contribution is 6.04. The van der Waals surface area contributed by atoms with Crippen molar-refractivity contribution in [1.82, 2.24) is 4.90 Å². The van der Waals surface area contributed by atoms with Gasteiger partial charge in [-0.05, 0) is 48.7 Å². The summed E-state index contributed by atoms with van der Waals surface area (Å²) in [5.74, 6) is 0.375. The third-order valence-corrected chi connectivity index (χ3v) is 4.86. The maximum atomic E-state index is 12.6. The second-order valence-electron chi connectivity index (χ2n) is 6.11. The zero-order chi connectivity index (χ0) is 14.2. The quantitative estimate of drug-likeness (QED) is 0.792. The van der Waals surface area contributed by atoms with Crippen LogP contribution in [-0.4, -0.2) is 36.6 Å². The number of benzene rings is 2. The molecule has 3 aliphatic heterocycles. The van der Waals surface area contributed by atoms with Crippen molar-refractivity contribution < 1.29 is 9.53 Å². The Labute approximate surface area is 124 Å². The van der Waals surface area contributed by atoms with E-state index in [1.54, 1.807) is 0 Å². The molecule has 21 heavy (non-hydrogen) atoms. The summed E-state index contributed by atoms with van der Waals surface area (Å²) in [6, 6.07) is 13.8. The number of piperidine rings is 3. The first-order chi connectivity index (χ1) is 10.3. The van der Waals surface area contributed by atoms with Gasteiger partial charge in [-0.15, -0.1) is 0 Å². The Kier molecular flexibility index (Phi) is 3.15. The van der Waals surface area contributed by atoms with Crippen molar-refractivity contribution in [2.75, 3.05) is 19.6 Å². The Morgan fingerprint density at radius 3 is 2.57 bits per heavy atom. The number of fused-ring (bicyclic) bond motifs is 4. The van der Waals surface area contributed by atoms with Gasteiger partial charge in [-0.1, -0.05) is 36.4 Å². The lowest BCUT2D eigenvalue weighted by Crippen LogP contribution is -2.51. The second-order valence-corrected chi connectivity index (χ2v) is 6.11. The van der Waals surface area contributed by atoms with Gasteiger partial charge in [0.25, 0.3) is 0 Å². The summed E-state index contributed by atoms with van der Waals surface area (Å²) in [6.07, 6.45) is 2.39. The zero-order valence-corrected chi connectivity index (χ0v) is 12.0. The van der Waals surface area contributed by atoms with Crippen molar-refractivity contribution in [3.05, 3.63) is 48.0 Å². The smallest absolute Gasteiger partial charge is 0.339 e. The first kappa shape index (κ1) is 12.8. The molecule has 108 valence electrons. The third kappa shape index (κ3) is 2.32. The molecule has 0 spiro atoms. The highest BCUT2D eigenvalue weighted by atomic mass is 16.5. The van der Waals surface area contributed by atoms with E-state index in [1.807, 2.05) is 42.5 Å². The maximum Gasteiger partial charge on any atom is 0.339 e. The number of nitrogens with zero attached hydrogens (tertiary/aromatic N) is 1. The fourth-order valence-corrected chi connectivity index (χ4v) is 3.65. The van der Waals surface area contributed by atoms with Crippen LogP contribution in [0.15, 0.2) is 42.5 Å². The highest BCUT2D eigenvalue weighted by Crippen LogP contribution is 2.30. The predicted molar refractivity (Wildman–Crippen MR) is 82.3 cm³/mol. The van der Waals surface area contributed by atoms with Crippen LogP contribution in [-0.2, 0) is 4.74 Å². The molecule has 3 heteroatoms. The second kappa shape index (κ2) is 5.15. The Bertz CT molecular complexity index is 668. The molecule has 0 unspecified atom stereocenters. The van der Waals surface area contributed by atoms with Gasteiger partial charge in [-0.3, -0.25) is 4.90 Å². The van der Waals surface area contributed by atoms with Gasteiger partial charge in [0.05, 0.1) is 5.56 Å². The standard InChI is InChI=1S/C18H19NO2/c20-18(21-17-12-19-10-8-14(17)9-11-19)16-7-3-5-13-4-1-2-6-15(13)16/h1-7,14,17H,8-12H2/t17-/m0/s1. The monoisotopic (exact) mass is 281 g/mol. The number of hydrogen-bond donors (Lipinski definition) is 0. The van der Waals surface area contributed by atoms with Gasteiger partial charge in [-0.2, -0.15) is 0 Å². The van der Waals surface area contributed by atoms with Crippen LogP contribution in [0.4, 0.5) is 0 Å². The van der Waals surface area contributed by atoms with Gasteiger partial charge < -0.3 is 4.74 Å². The minimum absolute atomic E-state index is 0.0685. The molecule has 3 aliphatic rings. The number of ether oxygens (including phenoxy) is 1. The van der Waals surface area contributed by atoms with Gasteiger partial charge in [0, 0.05) is 6.54 Å². The minimum Gasteiger partial charge on any atom is -0.457 e. The fraction of sp³-hybridized carbons (Fsp3) is 0.389. The van der Waals surface area contributed by atoms with Crippen LogP contribution >= 0.6 is 0 Å². The summed E-state index contributed by atoms with van der Waals surface area (Å²) in [5, 5.41) is 2.06. The van der Waals surface area contributed by atoms with E-state index < -0.39 is 0 Å². The number of carbonyl (C=O) groups is 1. The van der Waals surface area contributed by atoms with Crippen molar-refractivity contribution in [1.29, 1.82) is 0 Å². The predicted octanol–water partition coefficient (Wildman–Crippen LogP) is 3.09. The molecule has 1 atom stereocenters. The van der Waals surface area contributed by atoms with Crippen LogP contribution in [0.1, 0.15) is 23.2 Å². The molecule has 2 bridgehead atoms. The molecular formula is C18H19NO2. The summed E-state index contributed by atoms with van der Waals surface area (Å²) in [7, 11) is 0. The number of carbonyl (C=O) groups excluding carboxylic acids is 1. The molecule has 2 aromatic carbocycles. The molecule has 0 aliphatic carbocycles. The molecule has 3 fully saturated rings. The molecular weight excluding hydrogens is 262 g/mol. The van der Waals surface area contributed by atoms with E-state index in [-0.39, 0.29) is 12.1 Å². The molecule has 3 saturated heterocycles. The van der Waals surface area contributed by atoms with Crippen LogP contribution in [0.3, 0.4) is 0 Å². The summed E-state index contributed by atoms with van der Waals surface area (Å²) >= 11 is 0. The molecule has 0 N–H and O–H groups in total. The summed E-state index contributed by atoms with van der Waals surface area (Å²) in [4.78, 5) is 15.0. The van der Waals surface area contributed by atoms with Crippen molar-refractivity contribution in [3.8, 4) is 0 Å². The third-order valence-electron chi connectivity index (χ3n) is 4.86. The summed E-state index contributed by atoms with van der Waals surface area (Å²) in [5.41, 5.74) is 0.685. The van der Waals surface area contributed by atoms with Gasteiger partial charge in [0.15, 0.2) is 0 Å². The zero-order valence-electron chi connectivity index (χ0n) is 12.0. The van der Waals surface area contributed by atoms with Crippen molar-refractivity contribution in [3.63, 3.8) is 0 Å². The number of hydrogen-bond acceptors (Lipinski definition) is 3.